The van der Waals surface area contributed by atoms with Gasteiger partial charge < -0.3 is 5.32 Å². The van der Waals surface area contributed by atoms with Crippen molar-refractivity contribution in [1.82, 2.24) is 35.1 Å². The van der Waals surface area contributed by atoms with Crippen LogP contribution in [0, 0.1) is 12.7 Å². The van der Waals surface area contributed by atoms with Gasteiger partial charge in [0.1, 0.15) is 18.5 Å². The Morgan fingerprint density at radius 2 is 1.86 bits per heavy atom. The van der Waals surface area contributed by atoms with Gasteiger partial charge in [-0.3, -0.25) is 4.79 Å². The summed E-state index contributed by atoms with van der Waals surface area (Å²) in [7, 11) is 0. The number of rotatable bonds is 6. The van der Waals surface area contributed by atoms with Gasteiger partial charge in [0, 0.05) is 6.54 Å². The van der Waals surface area contributed by atoms with Gasteiger partial charge in [-0.25, -0.2) is 18.7 Å². The Hall–Kier alpha value is -3.88. The number of carbonyl (C=O) groups excluding carboxylic acids is 1. The first kappa shape index (κ1) is 18.5. The fourth-order valence-corrected chi connectivity index (χ4v) is 3.00. The number of nitrogens with one attached hydrogen (secondary N) is 1. The average molecular weight is 391 g/mol. The smallest absolute Gasteiger partial charge is 0.274 e. The summed E-state index contributed by atoms with van der Waals surface area (Å²) in [5.41, 5.74) is 3.44. The average Bonchev–Trinajstić information content (AvgIpc) is 3.37. The van der Waals surface area contributed by atoms with Gasteiger partial charge in [-0.05, 0) is 42.3 Å². The molecule has 146 valence electrons. The molecule has 0 unspecified atom stereocenters. The number of aromatic nitrogens is 6. The first-order chi connectivity index (χ1) is 14.1. The molecular formula is C20H18FN7O. The Balaban J connectivity index is 1.48. The van der Waals surface area contributed by atoms with E-state index < -0.39 is 0 Å². The van der Waals surface area contributed by atoms with Crippen molar-refractivity contribution < 1.29 is 9.18 Å². The number of nitrogens with zero attached hydrogens (tertiary/aromatic N) is 6. The van der Waals surface area contributed by atoms with Crippen LogP contribution >= 0.6 is 0 Å². The summed E-state index contributed by atoms with van der Waals surface area (Å²) in [4.78, 5) is 16.6. The second kappa shape index (κ2) is 8.01. The Labute approximate surface area is 166 Å². The molecule has 1 N–H and O–H groups in total. The summed E-state index contributed by atoms with van der Waals surface area (Å²) in [6, 6.07) is 13.6. The van der Waals surface area contributed by atoms with E-state index >= 15 is 0 Å². The van der Waals surface area contributed by atoms with Crippen LogP contribution in [-0.4, -0.2) is 35.7 Å². The maximum absolute atomic E-state index is 13.1. The van der Waals surface area contributed by atoms with Crippen molar-refractivity contribution in [3.63, 3.8) is 0 Å². The summed E-state index contributed by atoms with van der Waals surface area (Å²) in [5, 5.41) is 15.0. The van der Waals surface area contributed by atoms with Crippen LogP contribution in [0.4, 0.5) is 4.39 Å². The maximum Gasteiger partial charge on any atom is 0.274 e. The molecule has 0 saturated heterocycles. The third kappa shape index (κ3) is 4.03. The van der Waals surface area contributed by atoms with Crippen molar-refractivity contribution in [2.24, 2.45) is 0 Å². The number of hydrogen-bond donors (Lipinski definition) is 1. The van der Waals surface area contributed by atoms with Gasteiger partial charge in [0.15, 0.2) is 5.69 Å². The molecule has 4 rings (SSSR count). The minimum atomic E-state index is -0.339. The lowest BCUT2D eigenvalue weighted by Gasteiger charge is -2.10. The second-order valence-corrected chi connectivity index (χ2v) is 6.46. The minimum Gasteiger partial charge on any atom is -0.346 e. The lowest BCUT2D eigenvalue weighted by Crippen LogP contribution is -2.25. The van der Waals surface area contributed by atoms with Crippen LogP contribution in [-0.2, 0) is 13.1 Å². The molecule has 0 spiro atoms. The third-order valence-electron chi connectivity index (χ3n) is 4.54. The first-order valence-electron chi connectivity index (χ1n) is 8.97. The molecule has 2 aromatic heterocycles. The van der Waals surface area contributed by atoms with E-state index in [-0.39, 0.29) is 17.4 Å². The van der Waals surface area contributed by atoms with Crippen LogP contribution in [0.15, 0.2) is 61.2 Å². The summed E-state index contributed by atoms with van der Waals surface area (Å²) >= 11 is 0. The van der Waals surface area contributed by atoms with Crippen LogP contribution in [0.2, 0.25) is 0 Å². The summed E-state index contributed by atoms with van der Waals surface area (Å²) in [5.74, 6) is -0.666. The Bertz CT molecular complexity index is 1120. The highest BCUT2D eigenvalue weighted by atomic mass is 19.1. The Morgan fingerprint density at radius 1 is 1.10 bits per heavy atom. The molecule has 0 atom stereocenters. The molecule has 29 heavy (non-hydrogen) atoms. The molecule has 0 saturated carbocycles. The highest BCUT2D eigenvalue weighted by Gasteiger charge is 2.17. The zero-order valence-electron chi connectivity index (χ0n) is 15.7. The van der Waals surface area contributed by atoms with E-state index in [0.29, 0.717) is 24.5 Å². The monoisotopic (exact) mass is 391 g/mol. The number of hydrogen-bond acceptors (Lipinski definition) is 5. The van der Waals surface area contributed by atoms with Gasteiger partial charge in [0.25, 0.3) is 5.91 Å². The van der Waals surface area contributed by atoms with E-state index in [4.69, 9.17) is 0 Å². The largest absolute Gasteiger partial charge is 0.346 e. The molecule has 0 aliphatic rings. The lowest BCUT2D eigenvalue weighted by molar-refractivity contribution is 0.0945. The SMILES string of the molecule is Cc1c(C(=O)NCc2ccccc2Cn2cncn2)nnn1-c1ccc(F)cc1. The molecule has 0 radical (unpaired) electrons. The van der Waals surface area contributed by atoms with Crippen LogP contribution < -0.4 is 5.32 Å². The fraction of sp³-hybridized carbons (Fsp3) is 0.150. The van der Waals surface area contributed by atoms with Gasteiger partial charge in [-0.1, -0.05) is 29.5 Å². The normalized spacial score (nSPS) is 10.8. The molecule has 2 aromatic carbocycles. The first-order valence-corrected chi connectivity index (χ1v) is 8.97. The molecule has 0 fully saturated rings. The Kier molecular flexibility index (Phi) is 5.10. The van der Waals surface area contributed by atoms with Gasteiger partial charge in [0.05, 0.1) is 17.9 Å². The number of amides is 1. The zero-order valence-corrected chi connectivity index (χ0v) is 15.7. The van der Waals surface area contributed by atoms with E-state index in [1.165, 1.54) is 23.1 Å². The van der Waals surface area contributed by atoms with Gasteiger partial charge in [-0.2, -0.15) is 5.10 Å². The summed E-state index contributed by atoms with van der Waals surface area (Å²) in [6.45, 7) is 2.65. The molecule has 0 bridgehead atoms. The quantitative estimate of drug-likeness (QED) is 0.545. The van der Waals surface area contributed by atoms with Crippen LogP contribution in [0.3, 0.4) is 0 Å². The maximum atomic E-state index is 13.1. The highest BCUT2D eigenvalue weighted by Crippen LogP contribution is 2.14. The van der Waals surface area contributed by atoms with Crippen LogP contribution in [0.1, 0.15) is 27.3 Å². The summed E-state index contributed by atoms with van der Waals surface area (Å²) in [6.07, 6.45) is 3.13. The lowest BCUT2D eigenvalue weighted by atomic mass is 10.1. The topological polar surface area (TPSA) is 90.5 Å². The van der Waals surface area contributed by atoms with E-state index in [1.54, 1.807) is 30.1 Å². The predicted molar refractivity (Wildman–Crippen MR) is 103 cm³/mol. The zero-order chi connectivity index (χ0) is 20.2. The van der Waals surface area contributed by atoms with Crippen LogP contribution in [0.25, 0.3) is 5.69 Å². The number of halogens is 1. The molecule has 9 heteroatoms. The number of benzene rings is 2. The van der Waals surface area contributed by atoms with Crippen LogP contribution in [0.5, 0.6) is 0 Å². The fourth-order valence-electron chi connectivity index (χ4n) is 3.00. The second-order valence-electron chi connectivity index (χ2n) is 6.46. The number of carbonyl (C=O) groups is 1. The van der Waals surface area contributed by atoms with Crippen molar-refractivity contribution >= 4 is 5.91 Å². The molecule has 2 heterocycles. The Morgan fingerprint density at radius 3 is 2.59 bits per heavy atom. The van der Waals surface area contributed by atoms with E-state index in [2.05, 4.69) is 25.7 Å². The third-order valence-corrected chi connectivity index (χ3v) is 4.54. The van der Waals surface area contributed by atoms with Gasteiger partial charge >= 0.3 is 0 Å². The van der Waals surface area contributed by atoms with Gasteiger partial charge in [-0.15, -0.1) is 5.10 Å². The highest BCUT2D eigenvalue weighted by molar-refractivity contribution is 5.93. The van der Waals surface area contributed by atoms with Gasteiger partial charge in [0.2, 0.25) is 0 Å². The van der Waals surface area contributed by atoms with E-state index in [9.17, 15) is 9.18 Å². The van der Waals surface area contributed by atoms with Crippen molar-refractivity contribution in [1.29, 1.82) is 0 Å². The van der Waals surface area contributed by atoms with E-state index in [1.807, 2.05) is 24.3 Å². The molecule has 0 aliphatic carbocycles. The van der Waals surface area contributed by atoms with Crippen molar-refractivity contribution in [2.45, 2.75) is 20.0 Å². The van der Waals surface area contributed by atoms with Crippen molar-refractivity contribution in [3.8, 4) is 5.69 Å². The molecular weight excluding hydrogens is 373 g/mol. The standard InChI is InChI=1S/C20H18FN7O/c1-14-19(25-26-28(14)18-8-6-17(21)7-9-18)20(29)23-10-15-4-2-3-5-16(15)11-27-13-22-12-24-27/h2-9,12-13H,10-11H2,1H3,(H,23,29). The molecule has 0 aliphatic heterocycles. The minimum absolute atomic E-state index is 0.225. The van der Waals surface area contributed by atoms with Crippen molar-refractivity contribution in [3.05, 3.63) is 89.5 Å². The molecule has 8 nitrogen and oxygen atoms in total. The molecule has 1 amide bonds. The summed E-state index contributed by atoms with van der Waals surface area (Å²) < 4.78 is 16.4. The van der Waals surface area contributed by atoms with Crippen molar-refractivity contribution in [2.75, 3.05) is 0 Å². The molecule has 4 aromatic rings. The van der Waals surface area contributed by atoms with E-state index in [0.717, 1.165) is 11.1 Å². The predicted octanol–water partition coefficient (Wildman–Crippen LogP) is 2.28.